The van der Waals surface area contributed by atoms with Crippen molar-refractivity contribution in [2.24, 2.45) is 0 Å². The largest absolute Gasteiger partial charge is 0.497 e. The summed E-state index contributed by atoms with van der Waals surface area (Å²) in [6, 6.07) is 15.0. The fraction of sp³-hybridized carbons (Fsp3) is 0.190. The van der Waals surface area contributed by atoms with Crippen LogP contribution in [0.3, 0.4) is 0 Å². The molecule has 8 heteroatoms. The second kappa shape index (κ2) is 8.63. The van der Waals surface area contributed by atoms with Gasteiger partial charge in [0.05, 0.1) is 29.8 Å². The molecule has 0 fully saturated rings. The van der Waals surface area contributed by atoms with Gasteiger partial charge < -0.3 is 4.74 Å². The molecule has 29 heavy (non-hydrogen) atoms. The van der Waals surface area contributed by atoms with Crippen molar-refractivity contribution < 1.29 is 9.53 Å². The van der Waals surface area contributed by atoms with Crippen LogP contribution in [0, 0.1) is 0 Å². The summed E-state index contributed by atoms with van der Waals surface area (Å²) in [5.41, 5.74) is 1.63. The highest BCUT2D eigenvalue weighted by atomic mass is 35.5. The molecule has 0 bridgehead atoms. The number of thiazole rings is 1. The molecule has 148 valence electrons. The van der Waals surface area contributed by atoms with Crippen molar-refractivity contribution in [1.29, 1.82) is 0 Å². The lowest BCUT2D eigenvalue weighted by molar-refractivity contribution is -0.118. The van der Waals surface area contributed by atoms with Crippen LogP contribution in [0.5, 0.6) is 5.75 Å². The standard InChI is InChI=1S/C21H19ClN4O2S/c1-28-16-8-6-15(7-9-16)14-19(27)26(13-12-25-11-3-10-23-25)21-24-20-17(22)4-2-5-18(20)29-21/h2-11H,12-14H2,1H3. The van der Waals surface area contributed by atoms with Crippen LogP contribution in [0.4, 0.5) is 5.13 Å². The summed E-state index contributed by atoms with van der Waals surface area (Å²) in [4.78, 5) is 19.5. The maximum atomic E-state index is 13.2. The van der Waals surface area contributed by atoms with Crippen LogP contribution < -0.4 is 9.64 Å². The van der Waals surface area contributed by atoms with E-state index in [0.717, 1.165) is 21.5 Å². The average molecular weight is 427 g/mol. The van der Waals surface area contributed by atoms with E-state index in [1.165, 1.54) is 11.3 Å². The summed E-state index contributed by atoms with van der Waals surface area (Å²) >= 11 is 7.75. The number of nitrogens with zero attached hydrogens (tertiary/aromatic N) is 4. The minimum Gasteiger partial charge on any atom is -0.497 e. The molecule has 0 saturated heterocycles. The Morgan fingerprint density at radius 2 is 2.03 bits per heavy atom. The Morgan fingerprint density at radius 1 is 1.21 bits per heavy atom. The molecule has 0 unspecified atom stereocenters. The number of aromatic nitrogens is 3. The molecule has 0 saturated carbocycles. The molecular formula is C21H19ClN4O2S. The third kappa shape index (κ3) is 4.41. The van der Waals surface area contributed by atoms with Crippen LogP contribution in [-0.4, -0.2) is 34.3 Å². The maximum absolute atomic E-state index is 13.2. The van der Waals surface area contributed by atoms with E-state index in [1.54, 1.807) is 29.0 Å². The zero-order chi connectivity index (χ0) is 20.2. The molecule has 0 atom stereocenters. The predicted molar refractivity (Wildman–Crippen MR) is 116 cm³/mol. The lowest BCUT2D eigenvalue weighted by Gasteiger charge is -2.20. The Balaban J connectivity index is 1.60. The van der Waals surface area contributed by atoms with E-state index in [1.807, 2.05) is 48.7 Å². The van der Waals surface area contributed by atoms with Gasteiger partial charge in [0.25, 0.3) is 0 Å². The summed E-state index contributed by atoms with van der Waals surface area (Å²) in [5, 5.41) is 5.45. The van der Waals surface area contributed by atoms with E-state index < -0.39 is 0 Å². The van der Waals surface area contributed by atoms with Gasteiger partial charge in [0.1, 0.15) is 11.3 Å². The Bertz CT molecular complexity index is 1110. The lowest BCUT2D eigenvalue weighted by atomic mass is 10.1. The molecular weight excluding hydrogens is 408 g/mol. The van der Waals surface area contributed by atoms with Crippen LogP contribution >= 0.6 is 22.9 Å². The van der Waals surface area contributed by atoms with Crippen LogP contribution in [0.1, 0.15) is 5.56 Å². The molecule has 0 aliphatic heterocycles. The average Bonchev–Trinajstić information content (AvgIpc) is 3.39. The Morgan fingerprint density at radius 3 is 2.72 bits per heavy atom. The second-order valence-corrected chi connectivity index (χ2v) is 7.84. The molecule has 0 spiro atoms. The van der Waals surface area contributed by atoms with Crippen molar-refractivity contribution in [3.05, 3.63) is 71.5 Å². The zero-order valence-electron chi connectivity index (χ0n) is 15.8. The van der Waals surface area contributed by atoms with Gasteiger partial charge in [-0.15, -0.1) is 0 Å². The number of benzene rings is 2. The van der Waals surface area contributed by atoms with Gasteiger partial charge >= 0.3 is 0 Å². The van der Waals surface area contributed by atoms with Crippen LogP contribution in [0.15, 0.2) is 60.9 Å². The van der Waals surface area contributed by atoms with E-state index in [2.05, 4.69) is 10.1 Å². The van der Waals surface area contributed by atoms with Crippen molar-refractivity contribution >= 4 is 44.2 Å². The Kier molecular flexibility index (Phi) is 5.78. The third-order valence-corrected chi connectivity index (χ3v) is 5.87. The minimum absolute atomic E-state index is 0.0301. The smallest absolute Gasteiger partial charge is 0.233 e. The molecule has 1 amide bonds. The van der Waals surface area contributed by atoms with E-state index in [4.69, 9.17) is 16.3 Å². The van der Waals surface area contributed by atoms with E-state index in [-0.39, 0.29) is 12.3 Å². The van der Waals surface area contributed by atoms with Gasteiger partial charge in [-0.25, -0.2) is 4.98 Å². The van der Waals surface area contributed by atoms with Gasteiger partial charge in [0, 0.05) is 18.9 Å². The number of carbonyl (C=O) groups excluding carboxylic acids is 1. The van der Waals surface area contributed by atoms with Gasteiger partial charge in [-0.2, -0.15) is 5.10 Å². The number of fused-ring (bicyclic) bond motifs is 1. The van der Waals surface area contributed by atoms with Crippen LogP contribution in [-0.2, 0) is 17.8 Å². The topological polar surface area (TPSA) is 60.2 Å². The highest BCUT2D eigenvalue weighted by molar-refractivity contribution is 7.22. The molecule has 6 nitrogen and oxygen atoms in total. The summed E-state index contributed by atoms with van der Waals surface area (Å²) in [6.07, 6.45) is 3.87. The number of anilines is 1. The zero-order valence-corrected chi connectivity index (χ0v) is 17.4. The summed E-state index contributed by atoms with van der Waals surface area (Å²) in [7, 11) is 1.62. The number of halogens is 1. The first kappa shape index (κ1) is 19.4. The fourth-order valence-electron chi connectivity index (χ4n) is 2.99. The van der Waals surface area contributed by atoms with Crippen molar-refractivity contribution in [1.82, 2.24) is 14.8 Å². The molecule has 2 aromatic heterocycles. The molecule has 4 rings (SSSR count). The monoisotopic (exact) mass is 426 g/mol. The Labute approximate surface area is 177 Å². The highest BCUT2D eigenvalue weighted by Gasteiger charge is 2.21. The molecule has 0 aliphatic carbocycles. The van der Waals surface area contributed by atoms with Gasteiger partial charge in [-0.05, 0) is 35.9 Å². The highest BCUT2D eigenvalue weighted by Crippen LogP contribution is 2.33. The first-order chi connectivity index (χ1) is 14.1. The number of hydrogen-bond acceptors (Lipinski definition) is 5. The summed E-state index contributed by atoms with van der Waals surface area (Å²) < 4.78 is 7.94. The number of carbonyl (C=O) groups is 1. The van der Waals surface area contributed by atoms with E-state index in [0.29, 0.717) is 23.2 Å². The van der Waals surface area contributed by atoms with Gasteiger partial charge in [0.15, 0.2) is 5.13 Å². The first-order valence-electron chi connectivity index (χ1n) is 9.10. The normalized spacial score (nSPS) is 11.0. The Hall–Kier alpha value is -2.90. The second-order valence-electron chi connectivity index (χ2n) is 6.42. The number of para-hydroxylation sites is 1. The van der Waals surface area contributed by atoms with Gasteiger partial charge in [-0.3, -0.25) is 14.4 Å². The van der Waals surface area contributed by atoms with Crippen molar-refractivity contribution in [3.8, 4) is 5.75 Å². The SMILES string of the molecule is COc1ccc(CC(=O)N(CCn2cccn2)c2nc3c(Cl)cccc3s2)cc1. The summed E-state index contributed by atoms with van der Waals surface area (Å²) in [5.74, 6) is 0.732. The van der Waals surface area contributed by atoms with Gasteiger partial charge in [0.2, 0.25) is 5.91 Å². The van der Waals surface area contributed by atoms with E-state index in [9.17, 15) is 4.79 Å². The number of ether oxygens (including phenoxy) is 1. The van der Waals surface area contributed by atoms with Crippen molar-refractivity contribution in [3.63, 3.8) is 0 Å². The molecule has 0 N–H and O–H groups in total. The summed E-state index contributed by atoms with van der Waals surface area (Å²) in [6.45, 7) is 1.04. The number of methoxy groups -OCH3 is 1. The molecule has 2 aromatic carbocycles. The predicted octanol–water partition coefficient (Wildman–Crippen LogP) is 4.43. The molecule has 0 radical (unpaired) electrons. The third-order valence-electron chi connectivity index (χ3n) is 4.52. The quantitative estimate of drug-likeness (QED) is 0.438. The number of rotatable bonds is 7. The molecule has 2 heterocycles. The lowest BCUT2D eigenvalue weighted by Crippen LogP contribution is -2.35. The fourth-order valence-corrected chi connectivity index (χ4v) is 4.30. The van der Waals surface area contributed by atoms with Crippen LogP contribution in [0.25, 0.3) is 10.2 Å². The van der Waals surface area contributed by atoms with Crippen LogP contribution in [0.2, 0.25) is 5.02 Å². The van der Waals surface area contributed by atoms with Crippen molar-refractivity contribution in [2.45, 2.75) is 13.0 Å². The minimum atomic E-state index is -0.0301. The number of amides is 1. The molecule has 0 aliphatic rings. The maximum Gasteiger partial charge on any atom is 0.233 e. The van der Waals surface area contributed by atoms with Crippen molar-refractivity contribution in [2.75, 3.05) is 18.6 Å². The van der Waals surface area contributed by atoms with E-state index >= 15 is 0 Å². The van der Waals surface area contributed by atoms with Gasteiger partial charge in [-0.1, -0.05) is 41.1 Å². The first-order valence-corrected chi connectivity index (χ1v) is 10.3. The number of hydrogen-bond donors (Lipinski definition) is 0. The molecule has 4 aromatic rings.